The number of anilines is 2. The molecule has 1 aliphatic heterocycles. The number of para-hydroxylation sites is 1. The molecule has 3 rings (SSSR count). The zero-order valence-corrected chi connectivity index (χ0v) is 15.3. The minimum atomic E-state index is -0.150. The van der Waals surface area contributed by atoms with E-state index in [4.69, 9.17) is 5.26 Å². The van der Waals surface area contributed by atoms with Crippen LogP contribution in [0.3, 0.4) is 0 Å². The first-order valence-electron chi connectivity index (χ1n) is 8.98. The summed E-state index contributed by atoms with van der Waals surface area (Å²) in [5.41, 5.74) is 3.57. The van der Waals surface area contributed by atoms with E-state index >= 15 is 0 Å². The van der Waals surface area contributed by atoms with Gasteiger partial charge in [-0.3, -0.25) is 0 Å². The van der Waals surface area contributed by atoms with Crippen LogP contribution in [0, 0.1) is 11.3 Å². The monoisotopic (exact) mass is 348 g/mol. The van der Waals surface area contributed by atoms with Crippen molar-refractivity contribution in [3.63, 3.8) is 0 Å². The van der Waals surface area contributed by atoms with Crippen LogP contribution in [0.5, 0.6) is 0 Å². The van der Waals surface area contributed by atoms with E-state index in [0.29, 0.717) is 30.3 Å². The quantitative estimate of drug-likeness (QED) is 0.911. The fourth-order valence-electron chi connectivity index (χ4n) is 3.12. The number of carbonyl (C=O) groups excluding carboxylic acids is 1. The Morgan fingerprint density at radius 1 is 1.04 bits per heavy atom. The number of piperazine rings is 1. The summed E-state index contributed by atoms with van der Waals surface area (Å²) in [7, 11) is 0. The zero-order valence-electron chi connectivity index (χ0n) is 15.3. The number of hydrogen-bond acceptors (Lipinski definition) is 3. The zero-order chi connectivity index (χ0) is 18.5. The molecule has 1 aliphatic rings. The molecular formula is C21H24N4O. The Morgan fingerprint density at radius 2 is 1.69 bits per heavy atom. The molecule has 0 unspecified atom stereocenters. The third kappa shape index (κ3) is 3.97. The summed E-state index contributed by atoms with van der Waals surface area (Å²) in [6, 6.07) is 17.7. The molecule has 2 amide bonds. The van der Waals surface area contributed by atoms with Gasteiger partial charge in [-0.15, -0.1) is 0 Å². The highest BCUT2D eigenvalue weighted by molar-refractivity contribution is 5.91. The van der Waals surface area contributed by atoms with Gasteiger partial charge in [0, 0.05) is 31.9 Å². The van der Waals surface area contributed by atoms with Gasteiger partial charge in [-0.1, -0.05) is 38.1 Å². The lowest BCUT2D eigenvalue weighted by molar-refractivity contribution is 0.208. The third-order valence-electron chi connectivity index (χ3n) is 4.78. The normalized spacial score (nSPS) is 14.2. The summed E-state index contributed by atoms with van der Waals surface area (Å²) < 4.78 is 0. The lowest BCUT2D eigenvalue weighted by atomic mass is 10.0. The van der Waals surface area contributed by atoms with Crippen molar-refractivity contribution in [3.8, 4) is 6.07 Å². The van der Waals surface area contributed by atoms with Gasteiger partial charge in [0.1, 0.15) is 6.07 Å². The summed E-state index contributed by atoms with van der Waals surface area (Å²) in [5, 5.41) is 12.0. The predicted octanol–water partition coefficient (Wildman–Crippen LogP) is 4.04. The molecule has 134 valence electrons. The minimum absolute atomic E-state index is 0.150. The van der Waals surface area contributed by atoms with Gasteiger partial charge >= 0.3 is 6.03 Å². The minimum Gasteiger partial charge on any atom is -0.368 e. The van der Waals surface area contributed by atoms with Gasteiger partial charge in [0.15, 0.2) is 0 Å². The van der Waals surface area contributed by atoms with Crippen molar-refractivity contribution < 1.29 is 4.79 Å². The second kappa shape index (κ2) is 7.92. The van der Waals surface area contributed by atoms with Crippen molar-refractivity contribution in [2.24, 2.45) is 0 Å². The Hall–Kier alpha value is -3.00. The van der Waals surface area contributed by atoms with E-state index < -0.39 is 0 Å². The summed E-state index contributed by atoms with van der Waals surface area (Å²) in [5.74, 6) is 0.529. The first-order chi connectivity index (χ1) is 12.6. The number of nitrogens with zero attached hydrogens (tertiary/aromatic N) is 3. The van der Waals surface area contributed by atoms with Crippen molar-refractivity contribution >= 4 is 17.4 Å². The maximum atomic E-state index is 12.5. The van der Waals surface area contributed by atoms with Gasteiger partial charge in [-0.25, -0.2) is 4.79 Å². The highest BCUT2D eigenvalue weighted by Gasteiger charge is 2.22. The molecule has 5 heteroatoms. The van der Waals surface area contributed by atoms with Crippen LogP contribution < -0.4 is 10.2 Å². The van der Waals surface area contributed by atoms with Crippen LogP contribution in [0.2, 0.25) is 0 Å². The Kier molecular flexibility index (Phi) is 5.43. The van der Waals surface area contributed by atoms with Gasteiger partial charge in [0.2, 0.25) is 0 Å². The van der Waals surface area contributed by atoms with Crippen LogP contribution in [0.25, 0.3) is 0 Å². The molecule has 0 aliphatic carbocycles. The molecule has 0 aromatic heterocycles. The van der Waals surface area contributed by atoms with Gasteiger partial charge in [-0.05, 0) is 35.7 Å². The second-order valence-corrected chi connectivity index (χ2v) is 6.81. The average molecular weight is 348 g/mol. The predicted molar refractivity (Wildman–Crippen MR) is 104 cm³/mol. The van der Waals surface area contributed by atoms with E-state index in [0.717, 1.165) is 13.1 Å². The molecule has 1 fully saturated rings. The van der Waals surface area contributed by atoms with Crippen LogP contribution in [0.1, 0.15) is 30.9 Å². The molecule has 0 saturated carbocycles. The lowest BCUT2D eigenvalue weighted by Gasteiger charge is -2.36. The largest absolute Gasteiger partial charge is 0.368 e. The summed E-state index contributed by atoms with van der Waals surface area (Å²) >= 11 is 0. The number of hydrogen-bond donors (Lipinski definition) is 1. The maximum Gasteiger partial charge on any atom is 0.322 e. The van der Waals surface area contributed by atoms with E-state index in [1.165, 1.54) is 11.3 Å². The van der Waals surface area contributed by atoms with Crippen LogP contribution >= 0.6 is 0 Å². The van der Waals surface area contributed by atoms with E-state index in [2.05, 4.69) is 54.4 Å². The first-order valence-corrected chi connectivity index (χ1v) is 8.98. The van der Waals surface area contributed by atoms with Gasteiger partial charge in [-0.2, -0.15) is 5.26 Å². The number of amides is 2. The molecule has 2 aromatic rings. The summed E-state index contributed by atoms with van der Waals surface area (Å²) in [6.07, 6.45) is 0. The molecule has 5 nitrogen and oxygen atoms in total. The Labute approximate surface area is 154 Å². The first kappa shape index (κ1) is 17.8. The van der Waals surface area contributed by atoms with Gasteiger partial charge in [0.25, 0.3) is 0 Å². The Morgan fingerprint density at radius 3 is 2.31 bits per heavy atom. The number of carbonyl (C=O) groups is 1. The topological polar surface area (TPSA) is 59.4 Å². The fraction of sp³-hybridized carbons (Fsp3) is 0.333. The lowest BCUT2D eigenvalue weighted by Crippen LogP contribution is -2.50. The maximum absolute atomic E-state index is 12.5. The van der Waals surface area contributed by atoms with E-state index in [-0.39, 0.29) is 6.03 Å². The molecule has 0 spiro atoms. The van der Waals surface area contributed by atoms with Crippen molar-refractivity contribution in [1.29, 1.82) is 5.26 Å². The standard InChI is InChI=1S/C21H24N4O/c1-16(2)17-7-9-19(10-8-17)24-11-13-25(14-12-24)21(26)23-20-6-4-3-5-18(20)15-22/h3-10,16H,11-14H2,1-2H3,(H,23,26). The van der Waals surface area contributed by atoms with Crippen molar-refractivity contribution in [1.82, 2.24) is 4.90 Å². The van der Waals surface area contributed by atoms with Crippen molar-refractivity contribution in [2.75, 3.05) is 36.4 Å². The molecule has 1 saturated heterocycles. The smallest absolute Gasteiger partial charge is 0.322 e. The number of rotatable bonds is 3. The molecule has 2 aromatic carbocycles. The molecule has 0 radical (unpaired) electrons. The number of benzene rings is 2. The Bertz CT molecular complexity index is 800. The van der Waals surface area contributed by atoms with E-state index in [1.54, 1.807) is 23.1 Å². The van der Waals surface area contributed by atoms with E-state index in [1.807, 2.05) is 6.07 Å². The Balaban J connectivity index is 1.58. The second-order valence-electron chi connectivity index (χ2n) is 6.81. The number of urea groups is 1. The van der Waals surface area contributed by atoms with Crippen LogP contribution in [-0.2, 0) is 0 Å². The average Bonchev–Trinajstić information content (AvgIpc) is 2.68. The molecular weight excluding hydrogens is 324 g/mol. The third-order valence-corrected chi connectivity index (χ3v) is 4.78. The van der Waals surface area contributed by atoms with Crippen molar-refractivity contribution in [2.45, 2.75) is 19.8 Å². The summed E-state index contributed by atoms with van der Waals surface area (Å²) in [6.45, 7) is 7.30. The highest BCUT2D eigenvalue weighted by Crippen LogP contribution is 2.21. The van der Waals surface area contributed by atoms with Crippen LogP contribution in [0.4, 0.5) is 16.2 Å². The summed E-state index contributed by atoms with van der Waals surface area (Å²) in [4.78, 5) is 16.6. The number of nitriles is 1. The van der Waals surface area contributed by atoms with Crippen LogP contribution in [0.15, 0.2) is 48.5 Å². The van der Waals surface area contributed by atoms with Crippen LogP contribution in [-0.4, -0.2) is 37.1 Å². The SMILES string of the molecule is CC(C)c1ccc(N2CCN(C(=O)Nc3ccccc3C#N)CC2)cc1. The molecule has 26 heavy (non-hydrogen) atoms. The number of nitrogens with one attached hydrogen (secondary N) is 1. The van der Waals surface area contributed by atoms with E-state index in [9.17, 15) is 4.79 Å². The molecule has 0 atom stereocenters. The van der Waals surface area contributed by atoms with Gasteiger partial charge in [0.05, 0.1) is 11.3 Å². The molecule has 1 heterocycles. The van der Waals surface area contributed by atoms with Gasteiger partial charge < -0.3 is 15.1 Å². The molecule has 0 bridgehead atoms. The highest BCUT2D eigenvalue weighted by atomic mass is 16.2. The fourth-order valence-corrected chi connectivity index (χ4v) is 3.12. The van der Waals surface area contributed by atoms with Crippen molar-refractivity contribution in [3.05, 3.63) is 59.7 Å². The molecule has 1 N–H and O–H groups in total.